The number of alkyl halides is 2. The van der Waals surface area contributed by atoms with Crippen LogP contribution in [0, 0.1) is 28.1 Å². The molecule has 2 aromatic carbocycles. The molecular formula is C29H27ClF2N8O. The molecule has 1 fully saturated rings. The van der Waals surface area contributed by atoms with Crippen LogP contribution in [0.3, 0.4) is 0 Å². The standard InChI is InChI=1S/C29H27ClF2N8O/c1-27(2,3)16-36-25-18(13-34)14-35-24-17(12-33)10-19(11-20(24)25)37-29(41,21-6-4-5-7-22(21)30)23-15-40(39-38-23)28(8-9-28)26(31)32/h4-7,10-11,14-15,26,37,41H,8-9,16H2,1-3H3,(H,35,36)/t29-/m0/s1. The van der Waals surface area contributed by atoms with E-state index in [0.717, 1.165) is 4.68 Å². The van der Waals surface area contributed by atoms with Crippen molar-refractivity contribution in [2.24, 2.45) is 5.41 Å². The number of rotatable bonds is 8. The van der Waals surface area contributed by atoms with Gasteiger partial charge in [-0.1, -0.05) is 55.8 Å². The van der Waals surface area contributed by atoms with E-state index in [0.29, 0.717) is 23.1 Å². The van der Waals surface area contributed by atoms with Crippen molar-refractivity contribution in [3.8, 4) is 12.1 Å². The van der Waals surface area contributed by atoms with Crippen LogP contribution in [0.5, 0.6) is 0 Å². The molecule has 41 heavy (non-hydrogen) atoms. The molecule has 3 N–H and O–H groups in total. The van der Waals surface area contributed by atoms with E-state index >= 15 is 0 Å². The van der Waals surface area contributed by atoms with Crippen LogP contribution in [-0.2, 0) is 11.3 Å². The van der Waals surface area contributed by atoms with E-state index in [1.54, 1.807) is 30.3 Å². The third-order valence-corrected chi connectivity index (χ3v) is 7.42. The molecule has 0 spiro atoms. The van der Waals surface area contributed by atoms with E-state index in [1.165, 1.54) is 18.5 Å². The van der Waals surface area contributed by atoms with Crippen molar-refractivity contribution in [3.05, 3.63) is 76.2 Å². The van der Waals surface area contributed by atoms with E-state index in [2.05, 4.69) is 38.1 Å². The number of nitrogens with one attached hydrogen (secondary N) is 2. The fraction of sp³-hybridized carbons (Fsp3) is 0.345. The second-order valence-corrected chi connectivity index (χ2v) is 11.8. The lowest BCUT2D eigenvalue weighted by Crippen LogP contribution is -2.37. The number of hydrogen-bond donors (Lipinski definition) is 3. The maximum atomic E-state index is 13.8. The van der Waals surface area contributed by atoms with Crippen molar-refractivity contribution in [3.63, 3.8) is 0 Å². The van der Waals surface area contributed by atoms with Gasteiger partial charge in [-0.2, -0.15) is 10.5 Å². The van der Waals surface area contributed by atoms with Crippen LogP contribution in [-0.4, -0.2) is 38.1 Å². The Balaban J connectivity index is 1.67. The number of aromatic nitrogens is 4. The molecule has 0 radical (unpaired) electrons. The molecule has 0 amide bonds. The van der Waals surface area contributed by atoms with Crippen LogP contribution in [0.1, 0.15) is 56.0 Å². The predicted octanol–water partition coefficient (Wildman–Crippen LogP) is 5.74. The van der Waals surface area contributed by atoms with Gasteiger partial charge in [0.1, 0.15) is 23.4 Å². The number of nitriles is 2. The first-order chi connectivity index (χ1) is 19.4. The van der Waals surface area contributed by atoms with Gasteiger partial charge in [-0.3, -0.25) is 4.98 Å². The Labute approximate surface area is 240 Å². The molecule has 0 bridgehead atoms. The van der Waals surface area contributed by atoms with E-state index in [1.807, 2.05) is 20.8 Å². The van der Waals surface area contributed by atoms with Crippen LogP contribution in [0.2, 0.25) is 5.02 Å². The van der Waals surface area contributed by atoms with Gasteiger partial charge in [0.05, 0.1) is 28.5 Å². The molecule has 2 heterocycles. The van der Waals surface area contributed by atoms with Crippen molar-refractivity contribution >= 4 is 33.9 Å². The molecule has 9 nitrogen and oxygen atoms in total. The minimum atomic E-state index is -2.65. The Morgan fingerprint density at radius 3 is 2.46 bits per heavy atom. The highest BCUT2D eigenvalue weighted by atomic mass is 35.5. The molecular weight excluding hydrogens is 550 g/mol. The molecule has 0 saturated heterocycles. The maximum Gasteiger partial charge on any atom is 0.263 e. The average Bonchev–Trinajstić information content (AvgIpc) is 3.59. The highest BCUT2D eigenvalue weighted by Crippen LogP contribution is 2.48. The Bertz CT molecular complexity index is 1710. The van der Waals surface area contributed by atoms with Gasteiger partial charge in [-0.05, 0) is 36.5 Å². The SMILES string of the molecule is CC(C)(C)CNc1c(C#N)cnc2c(C#N)cc(N[C@@](O)(c3cn(C4(C(F)F)CC4)nn3)c3ccccc3Cl)cc12. The van der Waals surface area contributed by atoms with Crippen molar-refractivity contribution < 1.29 is 13.9 Å². The summed E-state index contributed by atoms with van der Waals surface area (Å²) in [7, 11) is 0. The molecule has 12 heteroatoms. The maximum absolute atomic E-state index is 13.8. The number of halogens is 3. The second kappa shape index (κ2) is 10.3. The zero-order valence-corrected chi connectivity index (χ0v) is 23.3. The molecule has 1 aliphatic carbocycles. The smallest absolute Gasteiger partial charge is 0.263 e. The first-order valence-corrected chi connectivity index (χ1v) is 13.3. The molecule has 1 atom stereocenters. The van der Waals surface area contributed by atoms with E-state index in [4.69, 9.17) is 11.6 Å². The summed E-state index contributed by atoms with van der Waals surface area (Å²) in [6, 6.07) is 13.9. The van der Waals surface area contributed by atoms with Crippen molar-refractivity contribution in [1.29, 1.82) is 10.5 Å². The zero-order chi connectivity index (χ0) is 29.6. The first kappa shape index (κ1) is 28.2. The number of hydrogen-bond acceptors (Lipinski definition) is 8. The predicted molar refractivity (Wildman–Crippen MR) is 150 cm³/mol. The number of aliphatic hydroxyl groups is 1. The summed E-state index contributed by atoms with van der Waals surface area (Å²) in [6.07, 6.45) is 0.516. The van der Waals surface area contributed by atoms with Gasteiger partial charge in [0.2, 0.25) is 5.72 Å². The lowest BCUT2D eigenvalue weighted by Gasteiger charge is -2.30. The molecule has 0 aliphatic heterocycles. The summed E-state index contributed by atoms with van der Waals surface area (Å²) in [5.74, 6) is 0. The highest BCUT2D eigenvalue weighted by molar-refractivity contribution is 6.31. The summed E-state index contributed by atoms with van der Waals surface area (Å²) < 4.78 is 28.7. The van der Waals surface area contributed by atoms with Crippen LogP contribution < -0.4 is 10.6 Å². The minimum absolute atomic E-state index is 0.0638. The Kier molecular flexibility index (Phi) is 7.06. The fourth-order valence-corrected chi connectivity index (χ4v) is 4.92. The van der Waals surface area contributed by atoms with Crippen LogP contribution in [0.4, 0.5) is 20.2 Å². The van der Waals surface area contributed by atoms with Crippen molar-refractivity contribution in [2.45, 2.75) is 51.3 Å². The average molecular weight is 577 g/mol. The summed E-state index contributed by atoms with van der Waals surface area (Å²) in [5.41, 5.74) is -1.97. The Morgan fingerprint density at radius 2 is 1.85 bits per heavy atom. The molecule has 5 rings (SSSR count). The summed E-state index contributed by atoms with van der Waals surface area (Å²) in [4.78, 5) is 4.36. The third kappa shape index (κ3) is 5.15. The van der Waals surface area contributed by atoms with Gasteiger partial charge >= 0.3 is 0 Å². The number of pyridine rings is 1. The minimum Gasteiger partial charge on any atom is -0.383 e. The molecule has 1 aliphatic rings. The van der Waals surface area contributed by atoms with Gasteiger partial charge in [-0.15, -0.1) is 5.10 Å². The first-order valence-electron chi connectivity index (χ1n) is 12.9. The van der Waals surface area contributed by atoms with Gasteiger partial charge in [0, 0.05) is 34.4 Å². The van der Waals surface area contributed by atoms with Gasteiger partial charge < -0.3 is 15.7 Å². The molecule has 210 valence electrons. The number of nitrogens with zero attached hydrogens (tertiary/aromatic N) is 6. The van der Waals surface area contributed by atoms with Crippen molar-refractivity contribution in [1.82, 2.24) is 20.0 Å². The molecule has 4 aromatic rings. The summed E-state index contributed by atoms with van der Waals surface area (Å²) >= 11 is 6.50. The largest absolute Gasteiger partial charge is 0.383 e. The topological polar surface area (TPSA) is 135 Å². The quantitative estimate of drug-likeness (QED) is 0.226. The van der Waals surface area contributed by atoms with Crippen LogP contribution in [0.25, 0.3) is 10.9 Å². The fourth-order valence-electron chi connectivity index (χ4n) is 4.64. The number of benzene rings is 2. The molecule has 2 aromatic heterocycles. The van der Waals surface area contributed by atoms with E-state index < -0.39 is 17.7 Å². The Hall–Kier alpha value is -4.32. The lowest BCUT2D eigenvalue weighted by atomic mass is 9.96. The Morgan fingerprint density at radius 1 is 1.15 bits per heavy atom. The van der Waals surface area contributed by atoms with E-state index in [-0.39, 0.29) is 51.4 Å². The third-order valence-electron chi connectivity index (χ3n) is 7.09. The number of fused-ring (bicyclic) bond motifs is 1. The normalized spacial score (nSPS) is 15.7. The van der Waals surface area contributed by atoms with Crippen molar-refractivity contribution in [2.75, 3.05) is 17.2 Å². The van der Waals surface area contributed by atoms with Crippen LogP contribution >= 0.6 is 11.6 Å². The molecule has 0 unspecified atom stereocenters. The van der Waals surface area contributed by atoms with Gasteiger partial charge in [0.15, 0.2) is 0 Å². The summed E-state index contributed by atoms with van der Waals surface area (Å²) in [6.45, 7) is 6.65. The van der Waals surface area contributed by atoms with Gasteiger partial charge in [0.25, 0.3) is 6.43 Å². The molecule has 1 saturated carbocycles. The lowest BCUT2D eigenvalue weighted by molar-refractivity contribution is 0.0591. The van der Waals surface area contributed by atoms with Gasteiger partial charge in [-0.25, -0.2) is 13.5 Å². The summed E-state index contributed by atoms with van der Waals surface area (Å²) in [5, 5.41) is 47.0. The van der Waals surface area contributed by atoms with E-state index in [9.17, 15) is 24.4 Å². The monoisotopic (exact) mass is 576 g/mol. The number of anilines is 2. The van der Waals surface area contributed by atoms with Crippen LogP contribution in [0.15, 0.2) is 48.8 Å². The second-order valence-electron chi connectivity index (χ2n) is 11.4. The highest BCUT2D eigenvalue weighted by Gasteiger charge is 2.54. The zero-order valence-electron chi connectivity index (χ0n) is 22.6.